The van der Waals surface area contributed by atoms with Crippen molar-refractivity contribution in [3.8, 4) is 0 Å². The van der Waals surface area contributed by atoms with Gasteiger partial charge in [-0.25, -0.2) is 8.78 Å². The minimum absolute atomic E-state index is 0.0738. The Labute approximate surface area is 110 Å². The van der Waals surface area contributed by atoms with E-state index in [0.717, 1.165) is 18.1 Å². The highest BCUT2D eigenvalue weighted by Gasteiger charge is 2.15. The second kappa shape index (κ2) is 5.74. The number of aryl methyl sites for hydroxylation is 1. The van der Waals surface area contributed by atoms with E-state index in [1.165, 1.54) is 17.7 Å². The van der Waals surface area contributed by atoms with Gasteiger partial charge in [-0.15, -0.1) is 0 Å². The number of carbonyl (C=O) groups is 1. The lowest BCUT2D eigenvalue weighted by molar-refractivity contribution is 0.0988. The maximum Gasteiger partial charge on any atom is 0.170 e. The van der Waals surface area contributed by atoms with Gasteiger partial charge in [0.25, 0.3) is 0 Å². The van der Waals surface area contributed by atoms with Gasteiger partial charge >= 0.3 is 0 Å². The van der Waals surface area contributed by atoms with Crippen molar-refractivity contribution in [1.29, 1.82) is 0 Å². The Morgan fingerprint density at radius 2 is 1.63 bits per heavy atom. The Kier molecular flexibility index (Phi) is 4.05. The van der Waals surface area contributed by atoms with Gasteiger partial charge < -0.3 is 0 Å². The van der Waals surface area contributed by atoms with Crippen LogP contribution in [0.3, 0.4) is 0 Å². The summed E-state index contributed by atoms with van der Waals surface area (Å²) in [6.07, 6.45) is 0.997. The lowest BCUT2D eigenvalue weighted by atomic mass is 10.0. The third-order valence-electron chi connectivity index (χ3n) is 3.05. The molecule has 0 aromatic heterocycles. The fraction of sp³-hybridized carbons (Fsp3) is 0.188. The minimum atomic E-state index is -1.07. The van der Waals surface area contributed by atoms with E-state index >= 15 is 0 Å². The Morgan fingerprint density at radius 1 is 1.00 bits per heavy atom. The summed E-state index contributed by atoms with van der Waals surface area (Å²) in [5, 5.41) is 0. The molecule has 0 saturated carbocycles. The molecule has 0 aliphatic carbocycles. The van der Waals surface area contributed by atoms with Crippen LogP contribution in [-0.2, 0) is 12.8 Å². The van der Waals surface area contributed by atoms with Crippen LogP contribution in [0.1, 0.15) is 28.4 Å². The van der Waals surface area contributed by atoms with E-state index in [-0.39, 0.29) is 12.0 Å². The molecule has 0 aliphatic heterocycles. The molecule has 0 amide bonds. The maximum absolute atomic E-state index is 13.5. The summed E-state index contributed by atoms with van der Waals surface area (Å²) < 4.78 is 26.5. The SMILES string of the molecule is CCc1ccc(CC(=O)c2cccc(F)c2F)cc1. The zero-order valence-electron chi connectivity index (χ0n) is 10.6. The summed E-state index contributed by atoms with van der Waals surface area (Å²) in [6, 6.07) is 11.2. The zero-order valence-corrected chi connectivity index (χ0v) is 10.6. The molecule has 0 fully saturated rings. The molecular weight excluding hydrogens is 246 g/mol. The largest absolute Gasteiger partial charge is 0.294 e. The van der Waals surface area contributed by atoms with Crippen molar-refractivity contribution in [2.45, 2.75) is 19.8 Å². The van der Waals surface area contributed by atoms with Crippen LogP contribution >= 0.6 is 0 Å². The van der Waals surface area contributed by atoms with Gasteiger partial charge in [-0.2, -0.15) is 0 Å². The summed E-state index contributed by atoms with van der Waals surface area (Å²) in [7, 11) is 0. The molecule has 19 heavy (non-hydrogen) atoms. The van der Waals surface area contributed by atoms with Crippen LogP contribution in [-0.4, -0.2) is 5.78 Å². The zero-order chi connectivity index (χ0) is 13.8. The molecule has 0 N–H and O–H groups in total. The molecule has 0 bridgehead atoms. The van der Waals surface area contributed by atoms with Crippen molar-refractivity contribution in [1.82, 2.24) is 0 Å². The molecule has 0 saturated heterocycles. The van der Waals surface area contributed by atoms with Crippen LogP contribution in [0.15, 0.2) is 42.5 Å². The molecule has 0 atom stereocenters. The summed E-state index contributed by atoms with van der Waals surface area (Å²) in [5.74, 6) is -2.48. The highest BCUT2D eigenvalue weighted by molar-refractivity contribution is 5.97. The topological polar surface area (TPSA) is 17.1 Å². The number of ketones is 1. The van der Waals surface area contributed by atoms with Crippen LogP contribution < -0.4 is 0 Å². The van der Waals surface area contributed by atoms with E-state index in [0.29, 0.717) is 0 Å². The number of benzene rings is 2. The van der Waals surface area contributed by atoms with Crippen LogP contribution in [0.25, 0.3) is 0 Å². The maximum atomic E-state index is 13.5. The Hall–Kier alpha value is -2.03. The molecule has 0 unspecified atom stereocenters. The lowest BCUT2D eigenvalue weighted by Crippen LogP contribution is -2.07. The number of Topliss-reactive ketones (excluding diaryl/α,β-unsaturated/α-hetero) is 1. The van der Waals surface area contributed by atoms with Crippen molar-refractivity contribution in [2.24, 2.45) is 0 Å². The molecular formula is C16H14F2O. The van der Waals surface area contributed by atoms with E-state index in [2.05, 4.69) is 0 Å². The number of rotatable bonds is 4. The predicted octanol–water partition coefficient (Wildman–Crippen LogP) is 3.95. The first-order valence-electron chi connectivity index (χ1n) is 6.17. The number of hydrogen-bond donors (Lipinski definition) is 0. The number of halogens is 2. The van der Waals surface area contributed by atoms with Crippen molar-refractivity contribution < 1.29 is 13.6 Å². The third kappa shape index (κ3) is 3.05. The van der Waals surface area contributed by atoms with Crippen molar-refractivity contribution in [3.63, 3.8) is 0 Å². The van der Waals surface area contributed by atoms with Crippen molar-refractivity contribution in [2.75, 3.05) is 0 Å². The third-order valence-corrected chi connectivity index (χ3v) is 3.05. The fourth-order valence-corrected chi connectivity index (χ4v) is 1.89. The first kappa shape index (κ1) is 13.4. The van der Waals surface area contributed by atoms with E-state index in [1.807, 2.05) is 31.2 Å². The van der Waals surface area contributed by atoms with E-state index in [9.17, 15) is 13.6 Å². The fourth-order valence-electron chi connectivity index (χ4n) is 1.89. The van der Waals surface area contributed by atoms with Crippen LogP contribution in [0.5, 0.6) is 0 Å². The summed E-state index contributed by atoms with van der Waals surface area (Å²) in [4.78, 5) is 11.9. The smallest absolute Gasteiger partial charge is 0.170 e. The first-order valence-corrected chi connectivity index (χ1v) is 6.17. The molecule has 0 spiro atoms. The quantitative estimate of drug-likeness (QED) is 0.761. The minimum Gasteiger partial charge on any atom is -0.294 e. The Morgan fingerprint density at radius 3 is 2.26 bits per heavy atom. The molecule has 98 valence electrons. The van der Waals surface area contributed by atoms with E-state index in [4.69, 9.17) is 0 Å². The normalized spacial score (nSPS) is 10.5. The van der Waals surface area contributed by atoms with E-state index < -0.39 is 17.4 Å². The van der Waals surface area contributed by atoms with Gasteiger partial charge in [0.1, 0.15) is 0 Å². The van der Waals surface area contributed by atoms with Crippen molar-refractivity contribution in [3.05, 3.63) is 70.8 Å². The monoisotopic (exact) mass is 260 g/mol. The standard InChI is InChI=1S/C16H14F2O/c1-2-11-6-8-12(9-7-11)10-15(19)13-4-3-5-14(17)16(13)18/h3-9H,2,10H2,1H3. The molecule has 1 nitrogen and oxygen atoms in total. The van der Waals surface area contributed by atoms with E-state index in [1.54, 1.807) is 0 Å². The van der Waals surface area contributed by atoms with Crippen LogP contribution in [0.4, 0.5) is 8.78 Å². The lowest BCUT2D eigenvalue weighted by Gasteiger charge is -2.04. The summed E-state index contributed by atoms with van der Waals surface area (Å²) in [6.45, 7) is 2.04. The second-order valence-electron chi connectivity index (χ2n) is 4.37. The van der Waals surface area contributed by atoms with Gasteiger partial charge in [-0.05, 0) is 29.7 Å². The van der Waals surface area contributed by atoms with Gasteiger partial charge in [0.15, 0.2) is 17.4 Å². The van der Waals surface area contributed by atoms with Gasteiger partial charge in [0.2, 0.25) is 0 Å². The second-order valence-corrected chi connectivity index (χ2v) is 4.37. The first-order chi connectivity index (χ1) is 9.11. The highest BCUT2D eigenvalue weighted by Crippen LogP contribution is 2.15. The molecule has 0 heterocycles. The number of carbonyl (C=O) groups excluding carboxylic acids is 1. The van der Waals surface area contributed by atoms with Crippen LogP contribution in [0.2, 0.25) is 0 Å². The molecule has 2 aromatic carbocycles. The van der Waals surface area contributed by atoms with Gasteiger partial charge in [-0.3, -0.25) is 4.79 Å². The molecule has 0 radical (unpaired) electrons. The van der Waals surface area contributed by atoms with Crippen molar-refractivity contribution >= 4 is 5.78 Å². The molecule has 2 aromatic rings. The van der Waals surface area contributed by atoms with Gasteiger partial charge in [0, 0.05) is 6.42 Å². The average Bonchev–Trinajstić information content (AvgIpc) is 2.42. The summed E-state index contributed by atoms with van der Waals surface area (Å²) >= 11 is 0. The van der Waals surface area contributed by atoms with Gasteiger partial charge in [0.05, 0.1) is 5.56 Å². The molecule has 3 heteroatoms. The van der Waals surface area contributed by atoms with Gasteiger partial charge in [-0.1, -0.05) is 37.3 Å². The predicted molar refractivity (Wildman–Crippen MR) is 70.2 cm³/mol. The highest BCUT2D eigenvalue weighted by atomic mass is 19.2. The summed E-state index contributed by atoms with van der Waals surface area (Å²) in [5.41, 5.74) is 1.78. The molecule has 0 aliphatic rings. The molecule has 2 rings (SSSR count). The Bertz CT molecular complexity index is 588. The number of hydrogen-bond acceptors (Lipinski definition) is 1. The van der Waals surface area contributed by atoms with Crippen LogP contribution in [0, 0.1) is 11.6 Å². The Balaban J connectivity index is 2.18. The average molecular weight is 260 g/mol.